The van der Waals surface area contributed by atoms with Crippen LogP contribution in [0.15, 0.2) is 0 Å². The second kappa shape index (κ2) is 3.49. The van der Waals surface area contributed by atoms with E-state index in [2.05, 4.69) is 5.92 Å². The molecule has 0 N–H and O–H groups in total. The molecule has 1 unspecified atom stereocenters. The largest absolute Gasteiger partial charge is 0.347 e. The molecule has 1 aliphatic rings. The van der Waals surface area contributed by atoms with E-state index in [0.29, 0.717) is 19.6 Å². The lowest BCUT2D eigenvalue weighted by Gasteiger charge is -2.36. The van der Waals surface area contributed by atoms with Crippen LogP contribution in [0.3, 0.4) is 0 Å². The molecule has 1 atom stereocenters. The molecule has 0 saturated carbocycles. The Labute approximate surface area is 78.4 Å². The Hall–Kier alpha value is -0.850. The average Bonchev–Trinajstić information content (AvgIpc) is 2.54. The summed E-state index contributed by atoms with van der Waals surface area (Å²) in [7, 11) is 0. The SMILES string of the molecule is C#CCC(C)(C=O)C1(C)OCCO1. The Balaban J connectivity index is 2.87. The van der Waals surface area contributed by atoms with Crippen molar-refractivity contribution in [2.75, 3.05) is 13.2 Å². The zero-order valence-corrected chi connectivity index (χ0v) is 8.00. The van der Waals surface area contributed by atoms with Crippen molar-refractivity contribution in [1.29, 1.82) is 0 Å². The highest BCUT2D eigenvalue weighted by atomic mass is 16.7. The predicted octanol–water partition coefficient (Wildman–Crippen LogP) is 0.978. The number of carbonyl (C=O) groups is 1. The third-order valence-corrected chi connectivity index (χ3v) is 2.61. The second-order valence-corrected chi connectivity index (χ2v) is 3.56. The zero-order valence-electron chi connectivity index (χ0n) is 8.00. The number of carbonyl (C=O) groups excluding carboxylic acids is 1. The van der Waals surface area contributed by atoms with Crippen LogP contribution in [0.5, 0.6) is 0 Å². The van der Waals surface area contributed by atoms with Gasteiger partial charge in [0.15, 0.2) is 5.79 Å². The lowest BCUT2D eigenvalue weighted by atomic mass is 9.80. The number of hydrogen-bond acceptors (Lipinski definition) is 3. The van der Waals surface area contributed by atoms with E-state index in [1.54, 1.807) is 13.8 Å². The number of ether oxygens (including phenoxy) is 2. The minimum Gasteiger partial charge on any atom is -0.347 e. The van der Waals surface area contributed by atoms with E-state index in [1.165, 1.54) is 0 Å². The van der Waals surface area contributed by atoms with Crippen LogP contribution in [0.2, 0.25) is 0 Å². The number of terminal acetylenes is 1. The van der Waals surface area contributed by atoms with Crippen LogP contribution in [0, 0.1) is 17.8 Å². The van der Waals surface area contributed by atoms with Gasteiger partial charge in [-0.25, -0.2) is 0 Å². The standard InChI is InChI=1S/C10H14O3/c1-4-5-9(2,8-11)10(3)12-6-7-13-10/h1,8H,5-7H2,2-3H3. The van der Waals surface area contributed by atoms with E-state index in [9.17, 15) is 4.79 Å². The lowest BCUT2D eigenvalue weighted by Crippen LogP contribution is -2.46. The fourth-order valence-electron chi connectivity index (χ4n) is 1.37. The van der Waals surface area contributed by atoms with Gasteiger partial charge in [0.25, 0.3) is 0 Å². The normalized spacial score (nSPS) is 24.7. The third kappa shape index (κ3) is 1.60. The molecule has 3 heteroatoms. The Morgan fingerprint density at radius 1 is 1.62 bits per heavy atom. The maximum atomic E-state index is 11.0. The predicted molar refractivity (Wildman–Crippen MR) is 47.9 cm³/mol. The van der Waals surface area contributed by atoms with Crippen LogP contribution in [-0.2, 0) is 14.3 Å². The highest BCUT2D eigenvalue weighted by Gasteiger charge is 2.49. The van der Waals surface area contributed by atoms with Crippen LogP contribution >= 0.6 is 0 Å². The monoisotopic (exact) mass is 182 g/mol. The fraction of sp³-hybridized carbons (Fsp3) is 0.700. The molecule has 0 aromatic carbocycles. The zero-order chi connectivity index (χ0) is 9.95. The van der Waals surface area contributed by atoms with Crippen molar-refractivity contribution >= 4 is 6.29 Å². The van der Waals surface area contributed by atoms with Crippen LogP contribution in [0.25, 0.3) is 0 Å². The van der Waals surface area contributed by atoms with Crippen molar-refractivity contribution in [3.05, 3.63) is 0 Å². The van der Waals surface area contributed by atoms with Crippen molar-refractivity contribution in [2.24, 2.45) is 5.41 Å². The van der Waals surface area contributed by atoms with Gasteiger partial charge in [-0.2, -0.15) is 0 Å². The Morgan fingerprint density at radius 3 is 2.54 bits per heavy atom. The molecule has 1 heterocycles. The van der Waals surface area contributed by atoms with Gasteiger partial charge in [0.2, 0.25) is 0 Å². The van der Waals surface area contributed by atoms with Gasteiger partial charge in [0, 0.05) is 6.42 Å². The molecular formula is C10H14O3. The highest BCUT2D eigenvalue weighted by molar-refractivity contribution is 5.61. The molecule has 1 fully saturated rings. The van der Waals surface area contributed by atoms with Crippen molar-refractivity contribution in [3.8, 4) is 12.3 Å². The summed E-state index contributed by atoms with van der Waals surface area (Å²) < 4.78 is 10.8. The van der Waals surface area contributed by atoms with Crippen molar-refractivity contribution in [3.63, 3.8) is 0 Å². The van der Waals surface area contributed by atoms with Crippen molar-refractivity contribution < 1.29 is 14.3 Å². The lowest BCUT2D eigenvalue weighted by molar-refractivity contribution is -0.210. The third-order valence-electron chi connectivity index (χ3n) is 2.61. The first-order valence-corrected chi connectivity index (χ1v) is 4.26. The van der Waals surface area contributed by atoms with Gasteiger partial charge >= 0.3 is 0 Å². The molecule has 0 aromatic heterocycles. The maximum Gasteiger partial charge on any atom is 0.178 e. The maximum absolute atomic E-state index is 11.0. The highest BCUT2D eigenvalue weighted by Crippen LogP contribution is 2.39. The fourth-order valence-corrected chi connectivity index (χ4v) is 1.37. The summed E-state index contributed by atoms with van der Waals surface area (Å²) in [6, 6.07) is 0. The van der Waals surface area contributed by atoms with E-state index in [0.717, 1.165) is 6.29 Å². The number of aldehydes is 1. The summed E-state index contributed by atoms with van der Waals surface area (Å²) in [4.78, 5) is 11.0. The minimum absolute atomic E-state index is 0.326. The van der Waals surface area contributed by atoms with Crippen molar-refractivity contribution in [1.82, 2.24) is 0 Å². The van der Waals surface area contributed by atoms with E-state index in [4.69, 9.17) is 15.9 Å². The van der Waals surface area contributed by atoms with E-state index >= 15 is 0 Å². The molecule has 0 radical (unpaired) electrons. The molecule has 13 heavy (non-hydrogen) atoms. The number of rotatable bonds is 3. The first kappa shape index (κ1) is 10.2. The molecule has 1 saturated heterocycles. The van der Waals surface area contributed by atoms with Gasteiger partial charge in [-0.15, -0.1) is 12.3 Å². The smallest absolute Gasteiger partial charge is 0.178 e. The Bertz CT molecular complexity index is 235. The molecule has 0 aromatic rings. The van der Waals surface area contributed by atoms with Gasteiger partial charge in [-0.1, -0.05) is 0 Å². The van der Waals surface area contributed by atoms with E-state index in [-0.39, 0.29) is 0 Å². The van der Waals surface area contributed by atoms with E-state index in [1.807, 2.05) is 0 Å². The molecule has 3 nitrogen and oxygen atoms in total. The summed E-state index contributed by atoms with van der Waals surface area (Å²) in [5.41, 5.74) is -0.752. The van der Waals surface area contributed by atoms with Gasteiger partial charge in [0.05, 0.1) is 18.6 Å². The second-order valence-electron chi connectivity index (χ2n) is 3.56. The average molecular weight is 182 g/mol. The first-order valence-electron chi connectivity index (χ1n) is 4.26. The molecule has 1 aliphatic heterocycles. The molecular weight excluding hydrogens is 168 g/mol. The molecule has 0 bridgehead atoms. The van der Waals surface area contributed by atoms with Crippen LogP contribution in [-0.4, -0.2) is 25.3 Å². The molecule has 72 valence electrons. The first-order chi connectivity index (χ1) is 6.08. The molecule has 0 aliphatic carbocycles. The van der Waals surface area contributed by atoms with Crippen molar-refractivity contribution in [2.45, 2.75) is 26.1 Å². The molecule has 0 amide bonds. The van der Waals surface area contributed by atoms with E-state index < -0.39 is 11.2 Å². The van der Waals surface area contributed by atoms with Gasteiger partial charge in [0.1, 0.15) is 6.29 Å². The molecule has 1 rings (SSSR count). The number of hydrogen-bond donors (Lipinski definition) is 0. The summed E-state index contributed by atoms with van der Waals surface area (Å²) in [5, 5.41) is 0. The molecule has 0 spiro atoms. The Morgan fingerprint density at radius 2 is 2.15 bits per heavy atom. The summed E-state index contributed by atoms with van der Waals surface area (Å²) >= 11 is 0. The summed E-state index contributed by atoms with van der Waals surface area (Å²) in [6.45, 7) is 4.55. The Kier molecular flexibility index (Phi) is 2.74. The summed E-state index contributed by atoms with van der Waals surface area (Å²) in [6.07, 6.45) is 6.34. The van der Waals surface area contributed by atoms with Gasteiger partial charge in [-0.05, 0) is 13.8 Å². The topological polar surface area (TPSA) is 35.5 Å². The quantitative estimate of drug-likeness (QED) is 0.482. The van der Waals surface area contributed by atoms with Crippen LogP contribution < -0.4 is 0 Å². The van der Waals surface area contributed by atoms with Crippen LogP contribution in [0.1, 0.15) is 20.3 Å². The van der Waals surface area contributed by atoms with Gasteiger partial charge in [-0.3, -0.25) is 0 Å². The van der Waals surface area contributed by atoms with Crippen LogP contribution in [0.4, 0.5) is 0 Å². The van der Waals surface area contributed by atoms with Gasteiger partial charge < -0.3 is 14.3 Å². The minimum atomic E-state index is -0.860. The summed E-state index contributed by atoms with van der Waals surface area (Å²) in [5.74, 6) is 1.61.